The van der Waals surface area contributed by atoms with Gasteiger partial charge in [-0.3, -0.25) is 9.10 Å². The fraction of sp³-hybridized carbons (Fsp3) is 0.435. The minimum Gasteiger partial charge on any atom is -0.492 e. The van der Waals surface area contributed by atoms with Gasteiger partial charge in [0, 0.05) is 13.1 Å². The van der Waals surface area contributed by atoms with Gasteiger partial charge in [-0.05, 0) is 61.4 Å². The number of benzene rings is 2. The van der Waals surface area contributed by atoms with Crippen LogP contribution in [-0.4, -0.2) is 79.3 Å². The van der Waals surface area contributed by atoms with Gasteiger partial charge in [0.1, 0.15) is 18.9 Å². The Morgan fingerprint density at radius 2 is 1.69 bits per heavy atom. The summed E-state index contributed by atoms with van der Waals surface area (Å²) in [7, 11) is -7.24. The largest absolute Gasteiger partial charge is 0.492 e. The first kappa shape index (κ1) is 26.9. The van der Waals surface area contributed by atoms with Crippen molar-refractivity contribution < 1.29 is 31.1 Å². The van der Waals surface area contributed by atoms with Crippen LogP contribution in [0, 0.1) is 13.8 Å². The molecule has 0 aliphatic carbocycles. The molecule has 1 saturated heterocycles. The Bertz CT molecular complexity index is 1240. The van der Waals surface area contributed by atoms with Crippen molar-refractivity contribution in [3.05, 3.63) is 53.6 Å². The van der Waals surface area contributed by atoms with E-state index in [2.05, 4.69) is 5.32 Å². The normalized spacial score (nSPS) is 14.9. The van der Waals surface area contributed by atoms with Gasteiger partial charge < -0.3 is 14.8 Å². The quantitative estimate of drug-likeness (QED) is 0.464. The van der Waals surface area contributed by atoms with Crippen LogP contribution in [0.2, 0.25) is 0 Å². The molecule has 1 N–H and O–H groups in total. The number of rotatable bonds is 10. The first-order valence-electron chi connectivity index (χ1n) is 11.1. The standard InChI is InChI=1S/C23H31N3O7S2/c1-18-4-5-20(16-19(18)2)26(34(3,28)29)17-23(27)24-10-13-33-21-6-8-22(9-7-21)35(30,31)25-11-14-32-15-12-25/h4-9,16H,10-15,17H2,1-3H3,(H,24,27). The van der Waals surface area contributed by atoms with Gasteiger partial charge >= 0.3 is 0 Å². The van der Waals surface area contributed by atoms with Crippen molar-refractivity contribution in [2.75, 3.05) is 56.6 Å². The lowest BCUT2D eigenvalue weighted by molar-refractivity contribution is -0.119. The number of carbonyl (C=O) groups excluding carboxylic acids is 1. The van der Waals surface area contributed by atoms with Gasteiger partial charge in [-0.25, -0.2) is 16.8 Å². The summed E-state index contributed by atoms with van der Waals surface area (Å²) in [6, 6.07) is 11.3. The third-order valence-corrected chi connectivity index (χ3v) is 8.64. The second-order valence-electron chi connectivity index (χ2n) is 8.22. The average molecular weight is 526 g/mol. The van der Waals surface area contributed by atoms with Crippen LogP contribution in [0.5, 0.6) is 5.75 Å². The molecular formula is C23H31N3O7S2. The van der Waals surface area contributed by atoms with E-state index in [9.17, 15) is 21.6 Å². The second kappa shape index (κ2) is 11.4. The second-order valence-corrected chi connectivity index (χ2v) is 12.1. The van der Waals surface area contributed by atoms with Crippen LogP contribution in [0.15, 0.2) is 47.4 Å². The number of aryl methyl sites for hydroxylation is 2. The molecule has 2 aromatic rings. The number of hydrogen-bond donors (Lipinski definition) is 1. The first-order valence-corrected chi connectivity index (χ1v) is 14.4. The summed E-state index contributed by atoms with van der Waals surface area (Å²) in [5, 5.41) is 2.65. The van der Waals surface area contributed by atoms with Crippen molar-refractivity contribution in [1.29, 1.82) is 0 Å². The van der Waals surface area contributed by atoms with Gasteiger partial charge in [-0.1, -0.05) is 6.07 Å². The average Bonchev–Trinajstić information content (AvgIpc) is 2.82. The van der Waals surface area contributed by atoms with E-state index in [1.807, 2.05) is 19.9 Å². The molecule has 35 heavy (non-hydrogen) atoms. The maximum atomic E-state index is 12.7. The Balaban J connectivity index is 1.50. The lowest BCUT2D eigenvalue weighted by Gasteiger charge is -2.26. The third kappa shape index (κ3) is 7.17. The van der Waals surface area contributed by atoms with Gasteiger partial charge in [0.25, 0.3) is 0 Å². The van der Waals surface area contributed by atoms with E-state index in [0.717, 1.165) is 21.7 Å². The number of sulfonamides is 2. The zero-order valence-corrected chi connectivity index (χ0v) is 21.7. The summed E-state index contributed by atoms with van der Waals surface area (Å²) in [5.41, 5.74) is 2.37. The summed E-state index contributed by atoms with van der Waals surface area (Å²) in [5.74, 6) is -0.0164. The van der Waals surface area contributed by atoms with Gasteiger partial charge in [0.05, 0.1) is 36.6 Å². The molecule has 1 fully saturated rings. The monoisotopic (exact) mass is 525 g/mol. The van der Waals surface area contributed by atoms with E-state index in [1.54, 1.807) is 24.3 Å². The lowest BCUT2D eigenvalue weighted by Crippen LogP contribution is -2.41. The summed E-state index contributed by atoms with van der Waals surface area (Å²) in [4.78, 5) is 12.6. The predicted molar refractivity (Wildman–Crippen MR) is 133 cm³/mol. The number of nitrogens with one attached hydrogen (secondary N) is 1. The number of amides is 1. The maximum Gasteiger partial charge on any atom is 0.243 e. The summed E-state index contributed by atoms with van der Waals surface area (Å²) in [6.07, 6.45) is 1.06. The van der Waals surface area contributed by atoms with Crippen LogP contribution in [0.25, 0.3) is 0 Å². The van der Waals surface area contributed by atoms with E-state index < -0.39 is 26.0 Å². The Labute approximate surface area is 206 Å². The van der Waals surface area contributed by atoms with E-state index in [1.165, 1.54) is 16.4 Å². The number of morpholine rings is 1. The van der Waals surface area contributed by atoms with Crippen molar-refractivity contribution in [3.8, 4) is 5.75 Å². The smallest absolute Gasteiger partial charge is 0.243 e. The molecule has 1 aliphatic rings. The molecule has 10 nitrogen and oxygen atoms in total. The topological polar surface area (TPSA) is 122 Å². The minimum atomic E-state index is -3.66. The number of ether oxygens (including phenoxy) is 2. The van der Waals surface area contributed by atoms with Gasteiger partial charge in [-0.15, -0.1) is 0 Å². The van der Waals surface area contributed by atoms with Crippen molar-refractivity contribution >= 4 is 31.6 Å². The highest BCUT2D eigenvalue weighted by Gasteiger charge is 2.26. The molecule has 192 valence electrons. The first-order chi connectivity index (χ1) is 16.5. The Hall–Kier alpha value is -2.67. The van der Waals surface area contributed by atoms with Gasteiger partial charge in [-0.2, -0.15) is 4.31 Å². The SMILES string of the molecule is Cc1ccc(N(CC(=O)NCCOc2ccc(S(=O)(=O)N3CCOCC3)cc2)S(C)(=O)=O)cc1C. The fourth-order valence-electron chi connectivity index (χ4n) is 3.47. The van der Waals surface area contributed by atoms with Crippen LogP contribution in [0.3, 0.4) is 0 Å². The van der Waals surface area contributed by atoms with Crippen LogP contribution in [0.1, 0.15) is 11.1 Å². The molecule has 12 heteroatoms. The molecular weight excluding hydrogens is 494 g/mol. The Kier molecular flexibility index (Phi) is 8.75. The maximum absolute atomic E-state index is 12.7. The van der Waals surface area contributed by atoms with E-state index >= 15 is 0 Å². The molecule has 2 aromatic carbocycles. The summed E-state index contributed by atoms with van der Waals surface area (Å²) >= 11 is 0. The number of nitrogens with zero attached hydrogens (tertiary/aromatic N) is 2. The summed E-state index contributed by atoms with van der Waals surface area (Å²) < 4.78 is 63.1. The number of anilines is 1. The van der Waals surface area contributed by atoms with Crippen LogP contribution in [0.4, 0.5) is 5.69 Å². The molecule has 1 heterocycles. The van der Waals surface area contributed by atoms with E-state index in [-0.39, 0.29) is 24.6 Å². The molecule has 0 bridgehead atoms. The van der Waals surface area contributed by atoms with Crippen molar-refractivity contribution in [1.82, 2.24) is 9.62 Å². The Morgan fingerprint density at radius 3 is 2.29 bits per heavy atom. The van der Waals surface area contributed by atoms with Gasteiger partial charge in [0.2, 0.25) is 26.0 Å². The molecule has 0 radical (unpaired) electrons. The molecule has 0 unspecified atom stereocenters. The number of carbonyl (C=O) groups is 1. The van der Waals surface area contributed by atoms with Gasteiger partial charge in [0.15, 0.2) is 0 Å². The summed E-state index contributed by atoms with van der Waals surface area (Å²) in [6.45, 7) is 5.11. The van der Waals surface area contributed by atoms with Crippen LogP contribution in [-0.2, 0) is 29.6 Å². The highest BCUT2D eigenvalue weighted by Crippen LogP contribution is 2.22. The van der Waals surface area contributed by atoms with Crippen molar-refractivity contribution in [2.45, 2.75) is 18.7 Å². The van der Waals surface area contributed by atoms with E-state index in [4.69, 9.17) is 9.47 Å². The van der Waals surface area contributed by atoms with E-state index in [0.29, 0.717) is 37.7 Å². The number of hydrogen-bond acceptors (Lipinski definition) is 7. The minimum absolute atomic E-state index is 0.129. The molecule has 0 aromatic heterocycles. The fourth-order valence-corrected chi connectivity index (χ4v) is 5.73. The molecule has 0 atom stereocenters. The van der Waals surface area contributed by atoms with Crippen molar-refractivity contribution in [2.24, 2.45) is 0 Å². The lowest BCUT2D eigenvalue weighted by atomic mass is 10.1. The molecule has 0 saturated carbocycles. The predicted octanol–water partition coefficient (Wildman–Crippen LogP) is 1.29. The van der Waals surface area contributed by atoms with Crippen LogP contribution < -0.4 is 14.4 Å². The zero-order chi connectivity index (χ0) is 25.6. The van der Waals surface area contributed by atoms with Crippen molar-refractivity contribution in [3.63, 3.8) is 0 Å². The molecule has 3 rings (SSSR count). The molecule has 1 amide bonds. The molecule has 0 spiro atoms. The molecule has 1 aliphatic heterocycles. The zero-order valence-electron chi connectivity index (χ0n) is 20.1. The highest BCUT2D eigenvalue weighted by atomic mass is 32.2. The van der Waals surface area contributed by atoms with Crippen LogP contribution >= 0.6 is 0 Å². The third-order valence-electron chi connectivity index (χ3n) is 5.59. The Morgan fingerprint density at radius 1 is 1.03 bits per heavy atom. The highest BCUT2D eigenvalue weighted by molar-refractivity contribution is 7.92.